The van der Waals surface area contributed by atoms with Crippen LogP contribution >= 0.6 is 0 Å². The SMILES string of the molecule is COC(=O)[C@@]12CCCC[C@@H]1CNC2. The van der Waals surface area contributed by atoms with E-state index in [9.17, 15) is 4.79 Å². The zero-order chi connectivity index (χ0) is 9.31. The Kier molecular flexibility index (Phi) is 2.28. The summed E-state index contributed by atoms with van der Waals surface area (Å²) in [4.78, 5) is 11.7. The van der Waals surface area contributed by atoms with E-state index < -0.39 is 0 Å². The molecule has 2 atom stereocenters. The second-order valence-electron chi connectivity index (χ2n) is 4.22. The monoisotopic (exact) mass is 183 g/mol. The summed E-state index contributed by atoms with van der Waals surface area (Å²) in [6.45, 7) is 1.82. The number of esters is 1. The zero-order valence-electron chi connectivity index (χ0n) is 8.14. The molecule has 2 rings (SSSR count). The third-order valence-electron chi connectivity index (χ3n) is 3.63. The number of rotatable bonds is 1. The van der Waals surface area contributed by atoms with Gasteiger partial charge in [-0.2, -0.15) is 0 Å². The summed E-state index contributed by atoms with van der Waals surface area (Å²) in [6.07, 6.45) is 4.64. The molecule has 1 saturated heterocycles. The van der Waals surface area contributed by atoms with Gasteiger partial charge in [0.15, 0.2) is 0 Å². The molecule has 1 aliphatic heterocycles. The molecule has 0 radical (unpaired) electrons. The standard InChI is InChI=1S/C10H17NO2/c1-13-9(12)10-5-3-2-4-8(10)6-11-7-10/h8,11H,2-7H2,1H3/t8-,10-/m1/s1. The zero-order valence-corrected chi connectivity index (χ0v) is 8.14. The Morgan fingerprint density at radius 1 is 1.54 bits per heavy atom. The van der Waals surface area contributed by atoms with Crippen LogP contribution in [0.4, 0.5) is 0 Å². The molecule has 0 aromatic heterocycles. The predicted molar refractivity (Wildman–Crippen MR) is 49.3 cm³/mol. The second kappa shape index (κ2) is 3.29. The van der Waals surface area contributed by atoms with Gasteiger partial charge in [0.25, 0.3) is 0 Å². The molecular formula is C10H17NO2. The lowest BCUT2D eigenvalue weighted by Crippen LogP contribution is -2.41. The van der Waals surface area contributed by atoms with Crippen molar-refractivity contribution >= 4 is 5.97 Å². The highest BCUT2D eigenvalue weighted by molar-refractivity contribution is 5.78. The van der Waals surface area contributed by atoms with Crippen LogP contribution in [-0.2, 0) is 9.53 Å². The summed E-state index contributed by atoms with van der Waals surface area (Å²) >= 11 is 0. The minimum absolute atomic E-state index is 0.00204. The highest BCUT2D eigenvalue weighted by Gasteiger charge is 2.50. The van der Waals surface area contributed by atoms with Crippen molar-refractivity contribution in [3.8, 4) is 0 Å². The molecular weight excluding hydrogens is 166 g/mol. The largest absolute Gasteiger partial charge is 0.469 e. The van der Waals surface area contributed by atoms with Gasteiger partial charge in [-0.15, -0.1) is 0 Å². The molecule has 1 heterocycles. The normalized spacial score (nSPS) is 38.4. The van der Waals surface area contributed by atoms with Crippen molar-refractivity contribution in [3.05, 3.63) is 0 Å². The number of fused-ring (bicyclic) bond motifs is 1. The van der Waals surface area contributed by atoms with Crippen LogP contribution in [-0.4, -0.2) is 26.2 Å². The van der Waals surface area contributed by atoms with Crippen LogP contribution in [0.5, 0.6) is 0 Å². The molecule has 0 amide bonds. The van der Waals surface area contributed by atoms with E-state index in [1.165, 1.54) is 26.4 Å². The fourth-order valence-corrected chi connectivity index (χ4v) is 2.86. The molecule has 3 nitrogen and oxygen atoms in total. The lowest BCUT2D eigenvalue weighted by atomic mass is 9.68. The number of hydrogen-bond donors (Lipinski definition) is 1. The van der Waals surface area contributed by atoms with Crippen molar-refractivity contribution in [2.45, 2.75) is 25.7 Å². The van der Waals surface area contributed by atoms with E-state index in [4.69, 9.17) is 4.74 Å². The summed E-state index contributed by atoms with van der Waals surface area (Å²) in [5, 5.41) is 3.32. The van der Waals surface area contributed by atoms with E-state index in [0.29, 0.717) is 5.92 Å². The minimum atomic E-state index is -0.174. The van der Waals surface area contributed by atoms with E-state index in [2.05, 4.69) is 5.32 Å². The van der Waals surface area contributed by atoms with Crippen LogP contribution in [0.1, 0.15) is 25.7 Å². The quantitative estimate of drug-likeness (QED) is 0.615. The highest BCUT2D eigenvalue weighted by Crippen LogP contribution is 2.44. The highest BCUT2D eigenvalue weighted by atomic mass is 16.5. The van der Waals surface area contributed by atoms with E-state index >= 15 is 0 Å². The first kappa shape index (κ1) is 9.00. The van der Waals surface area contributed by atoms with Crippen molar-refractivity contribution in [2.24, 2.45) is 11.3 Å². The third-order valence-corrected chi connectivity index (χ3v) is 3.63. The number of methoxy groups -OCH3 is 1. The van der Waals surface area contributed by atoms with Crippen molar-refractivity contribution in [1.29, 1.82) is 0 Å². The smallest absolute Gasteiger partial charge is 0.313 e. The Labute approximate surface area is 78.8 Å². The van der Waals surface area contributed by atoms with Crippen LogP contribution in [0.25, 0.3) is 0 Å². The first-order chi connectivity index (χ1) is 6.29. The maximum Gasteiger partial charge on any atom is 0.313 e. The summed E-state index contributed by atoms with van der Waals surface area (Å²) in [5.41, 5.74) is -0.174. The Morgan fingerprint density at radius 3 is 3.15 bits per heavy atom. The minimum Gasteiger partial charge on any atom is -0.469 e. The molecule has 0 aromatic carbocycles. The van der Waals surface area contributed by atoms with E-state index in [1.54, 1.807) is 0 Å². The van der Waals surface area contributed by atoms with Gasteiger partial charge in [0.2, 0.25) is 0 Å². The number of carbonyl (C=O) groups excluding carboxylic acids is 1. The topological polar surface area (TPSA) is 38.3 Å². The molecule has 2 aliphatic rings. The summed E-state index contributed by atoms with van der Waals surface area (Å²) in [5.74, 6) is 0.524. The Hall–Kier alpha value is -0.570. The lowest BCUT2D eigenvalue weighted by molar-refractivity contribution is -0.156. The van der Waals surface area contributed by atoms with Crippen molar-refractivity contribution in [2.75, 3.05) is 20.2 Å². The van der Waals surface area contributed by atoms with Gasteiger partial charge >= 0.3 is 5.97 Å². The molecule has 1 saturated carbocycles. The predicted octanol–water partition coefficient (Wildman–Crippen LogP) is 0.939. The Bertz CT molecular complexity index is 217. The fraction of sp³-hybridized carbons (Fsp3) is 0.900. The van der Waals surface area contributed by atoms with Gasteiger partial charge in [0.1, 0.15) is 0 Å². The molecule has 0 spiro atoms. The van der Waals surface area contributed by atoms with Crippen LogP contribution in [0.3, 0.4) is 0 Å². The maximum atomic E-state index is 11.7. The maximum absolute atomic E-state index is 11.7. The van der Waals surface area contributed by atoms with E-state index in [0.717, 1.165) is 19.5 Å². The molecule has 1 aliphatic carbocycles. The van der Waals surface area contributed by atoms with Crippen molar-refractivity contribution in [3.63, 3.8) is 0 Å². The van der Waals surface area contributed by atoms with Gasteiger partial charge < -0.3 is 10.1 Å². The van der Waals surface area contributed by atoms with Gasteiger partial charge in [-0.25, -0.2) is 0 Å². The molecule has 0 aromatic rings. The average molecular weight is 183 g/mol. The summed E-state index contributed by atoms with van der Waals surface area (Å²) < 4.78 is 4.92. The van der Waals surface area contributed by atoms with Gasteiger partial charge in [0.05, 0.1) is 12.5 Å². The second-order valence-corrected chi connectivity index (χ2v) is 4.22. The summed E-state index contributed by atoms with van der Waals surface area (Å²) in [7, 11) is 1.50. The van der Waals surface area contributed by atoms with Gasteiger partial charge in [-0.05, 0) is 25.3 Å². The molecule has 2 fully saturated rings. The first-order valence-corrected chi connectivity index (χ1v) is 5.09. The third kappa shape index (κ3) is 1.26. The Morgan fingerprint density at radius 2 is 2.38 bits per heavy atom. The molecule has 13 heavy (non-hydrogen) atoms. The van der Waals surface area contributed by atoms with Crippen molar-refractivity contribution in [1.82, 2.24) is 5.32 Å². The van der Waals surface area contributed by atoms with Crippen molar-refractivity contribution < 1.29 is 9.53 Å². The number of nitrogens with one attached hydrogen (secondary N) is 1. The lowest BCUT2D eigenvalue weighted by Gasteiger charge is -2.35. The molecule has 3 heteroatoms. The van der Waals surface area contributed by atoms with Gasteiger partial charge in [-0.1, -0.05) is 12.8 Å². The van der Waals surface area contributed by atoms with Crippen LogP contribution in [0.15, 0.2) is 0 Å². The van der Waals surface area contributed by atoms with E-state index in [1.807, 2.05) is 0 Å². The average Bonchev–Trinajstić information content (AvgIpc) is 2.61. The first-order valence-electron chi connectivity index (χ1n) is 5.09. The van der Waals surface area contributed by atoms with E-state index in [-0.39, 0.29) is 11.4 Å². The van der Waals surface area contributed by atoms with Crippen LogP contribution in [0.2, 0.25) is 0 Å². The van der Waals surface area contributed by atoms with Gasteiger partial charge in [0, 0.05) is 6.54 Å². The van der Waals surface area contributed by atoms with Crippen LogP contribution < -0.4 is 5.32 Å². The fourth-order valence-electron chi connectivity index (χ4n) is 2.86. The number of ether oxygens (including phenoxy) is 1. The Balaban J connectivity index is 2.20. The molecule has 74 valence electrons. The molecule has 1 N–H and O–H groups in total. The van der Waals surface area contributed by atoms with Crippen LogP contribution in [0, 0.1) is 11.3 Å². The number of carbonyl (C=O) groups is 1. The summed E-state index contributed by atoms with van der Waals surface area (Å²) in [6, 6.07) is 0. The molecule has 0 unspecified atom stereocenters. The molecule has 0 bridgehead atoms. The van der Waals surface area contributed by atoms with Gasteiger partial charge in [-0.3, -0.25) is 4.79 Å². The number of hydrogen-bond acceptors (Lipinski definition) is 3.